The van der Waals surface area contributed by atoms with Gasteiger partial charge >= 0.3 is 0 Å². The van der Waals surface area contributed by atoms with E-state index in [0.717, 1.165) is 45.0 Å². The SMILES string of the molecule is CC1CCc2ncnc(N3CC4(CCNCC4)c4c(CNCc5ccccc5)cccc43)c21. The zero-order chi connectivity index (χ0) is 22.3. The molecule has 2 aromatic carbocycles. The average molecular weight is 440 g/mol. The van der Waals surface area contributed by atoms with Crippen molar-refractivity contribution in [3.63, 3.8) is 0 Å². The van der Waals surface area contributed by atoms with E-state index in [1.165, 1.54) is 47.3 Å². The summed E-state index contributed by atoms with van der Waals surface area (Å²) in [6, 6.07) is 17.6. The number of rotatable bonds is 5. The fourth-order valence-electron chi connectivity index (χ4n) is 6.32. The average Bonchev–Trinajstić information content (AvgIpc) is 3.39. The van der Waals surface area contributed by atoms with Crippen molar-refractivity contribution in [2.75, 3.05) is 24.5 Å². The third-order valence-electron chi connectivity index (χ3n) is 7.97. The van der Waals surface area contributed by atoms with Crippen LogP contribution >= 0.6 is 0 Å². The Bertz CT molecular complexity index is 1140. The summed E-state index contributed by atoms with van der Waals surface area (Å²) in [5.74, 6) is 1.68. The predicted octanol–water partition coefficient (Wildman–Crippen LogP) is 4.59. The Morgan fingerprint density at radius 3 is 2.73 bits per heavy atom. The van der Waals surface area contributed by atoms with Gasteiger partial charge in [0.15, 0.2) is 0 Å². The lowest BCUT2D eigenvalue weighted by atomic mass is 9.73. The van der Waals surface area contributed by atoms with Gasteiger partial charge in [-0.25, -0.2) is 9.97 Å². The first-order valence-corrected chi connectivity index (χ1v) is 12.4. The van der Waals surface area contributed by atoms with Crippen LogP contribution in [0.4, 0.5) is 11.5 Å². The first kappa shape index (κ1) is 20.8. The highest BCUT2D eigenvalue weighted by Gasteiger charge is 2.46. The molecule has 1 atom stereocenters. The Labute approximate surface area is 196 Å². The maximum Gasteiger partial charge on any atom is 0.140 e. The van der Waals surface area contributed by atoms with E-state index in [9.17, 15) is 0 Å². The van der Waals surface area contributed by atoms with Gasteiger partial charge in [-0.05, 0) is 67.4 Å². The largest absolute Gasteiger partial charge is 0.325 e. The molecule has 0 amide bonds. The standard InChI is InChI=1S/C28H33N5/c1-20-10-11-23-25(20)27(32-19-31-23)33-18-28(12-14-29-15-13-28)26-22(8-5-9-24(26)33)17-30-16-21-6-3-2-4-7-21/h2-9,19-20,29-30H,10-18H2,1H3. The Morgan fingerprint density at radius 2 is 1.88 bits per heavy atom. The molecule has 1 aliphatic carbocycles. The van der Waals surface area contributed by atoms with Crippen LogP contribution in [0.1, 0.15) is 60.1 Å². The molecule has 2 aliphatic heterocycles. The number of nitrogens with zero attached hydrogens (tertiary/aromatic N) is 3. The molecule has 1 spiro atoms. The molecule has 5 nitrogen and oxygen atoms in total. The predicted molar refractivity (Wildman–Crippen MR) is 133 cm³/mol. The fraction of sp³-hybridized carbons (Fsp3) is 0.429. The van der Waals surface area contributed by atoms with Gasteiger partial charge in [-0.3, -0.25) is 0 Å². The van der Waals surface area contributed by atoms with E-state index in [4.69, 9.17) is 4.98 Å². The number of nitrogens with one attached hydrogen (secondary N) is 2. The molecule has 1 aromatic heterocycles. The molecule has 3 aromatic rings. The molecule has 0 saturated carbocycles. The molecule has 0 radical (unpaired) electrons. The summed E-state index contributed by atoms with van der Waals surface area (Å²) >= 11 is 0. The second-order valence-corrected chi connectivity index (χ2v) is 10.0. The summed E-state index contributed by atoms with van der Waals surface area (Å²) < 4.78 is 0. The normalized spacial score (nSPS) is 20.8. The van der Waals surface area contributed by atoms with Crippen LogP contribution in [-0.2, 0) is 24.9 Å². The van der Waals surface area contributed by atoms with Crippen LogP contribution in [0.2, 0.25) is 0 Å². The van der Waals surface area contributed by atoms with Gasteiger partial charge < -0.3 is 15.5 Å². The lowest BCUT2D eigenvalue weighted by Crippen LogP contribution is -2.43. The Morgan fingerprint density at radius 1 is 1.03 bits per heavy atom. The van der Waals surface area contributed by atoms with Crippen molar-refractivity contribution in [1.82, 2.24) is 20.6 Å². The topological polar surface area (TPSA) is 53.1 Å². The van der Waals surface area contributed by atoms with Crippen molar-refractivity contribution in [3.8, 4) is 0 Å². The van der Waals surface area contributed by atoms with E-state index in [2.05, 4.69) is 76.0 Å². The molecule has 1 saturated heterocycles. The lowest BCUT2D eigenvalue weighted by molar-refractivity contribution is 0.327. The van der Waals surface area contributed by atoms with Crippen molar-refractivity contribution in [2.24, 2.45) is 0 Å². The number of hydrogen-bond donors (Lipinski definition) is 2. The molecule has 6 rings (SSSR count). The highest BCUT2D eigenvalue weighted by Crippen LogP contribution is 2.52. The minimum Gasteiger partial charge on any atom is -0.325 e. The quantitative estimate of drug-likeness (QED) is 0.609. The van der Waals surface area contributed by atoms with Crippen LogP contribution in [0.25, 0.3) is 0 Å². The fourth-order valence-corrected chi connectivity index (χ4v) is 6.32. The first-order valence-electron chi connectivity index (χ1n) is 12.4. The summed E-state index contributed by atoms with van der Waals surface area (Å²) in [5, 5.41) is 7.31. The van der Waals surface area contributed by atoms with E-state index in [-0.39, 0.29) is 5.41 Å². The van der Waals surface area contributed by atoms with Crippen molar-refractivity contribution in [1.29, 1.82) is 0 Å². The molecule has 170 valence electrons. The van der Waals surface area contributed by atoms with Gasteiger partial charge in [0.25, 0.3) is 0 Å². The summed E-state index contributed by atoms with van der Waals surface area (Å²) in [5.41, 5.74) is 8.48. The molecule has 2 N–H and O–H groups in total. The molecular formula is C28H33N5. The van der Waals surface area contributed by atoms with Crippen molar-refractivity contribution < 1.29 is 0 Å². The van der Waals surface area contributed by atoms with Gasteiger partial charge in [-0.15, -0.1) is 0 Å². The van der Waals surface area contributed by atoms with Crippen LogP contribution in [0.3, 0.4) is 0 Å². The molecule has 1 fully saturated rings. The molecular weight excluding hydrogens is 406 g/mol. The van der Waals surface area contributed by atoms with Crippen LogP contribution in [-0.4, -0.2) is 29.6 Å². The molecule has 1 unspecified atom stereocenters. The number of aryl methyl sites for hydroxylation is 1. The summed E-state index contributed by atoms with van der Waals surface area (Å²) in [6.07, 6.45) is 6.39. The smallest absolute Gasteiger partial charge is 0.140 e. The number of piperidine rings is 1. The maximum atomic E-state index is 4.87. The van der Waals surface area contributed by atoms with Gasteiger partial charge in [0.1, 0.15) is 12.1 Å². The molecule has 0 bridgehead atoms. The minimum absolute atomic E-state index is 0.186. The van der Waals surface area contributed by atoms with E-state index in [1.54, 1.807) is 11.9 Å². The Hall–Kier alpha value is -2.76. The van der Waals surface area contributed by atoms with Crippen LogP contribution in [0.5, 0.6) is 0 Å². The zero-order valence-corrected chi connectivity index (χ0v) is 19.5. The zero-order valence-electron chi connectivity index (χ0n) is 19.5. The van der Waals surface area contributed by atoms with Crippen LogP contribution in [0, 0.1) is 0 Å². The monoisotopic (exact) mass is 439 g/mol. The van der Waals surface area contributed by atoms with Gasteiger partial charge in [0.05, 0.1) is 0 Å². The summed E-state index contributed by atoms with van der Waals surface area (Å²) in [4.78, 5) is 12.0. The highest BCUT2D eigenvalue weighted by molar-refractivity contribution is 5.75. The van der Waals surface area contributed by atoms with Crippen LogP contribution < -0.4 is 15.5 Å². The van der Waals surface area contributed by atoms with Crippen molar-refractivity contribution in [2.45, 2.75) is 57.0 Å². The number of benzene rings is 2. The molecule has 5 heteroatoms. The Balaban J connectivity index is 1.38. The number of hydrogen-bond acceptors (Lipinski definition) is 5. The lowest BCUT2D eigenvalue weighted by Gasteiger charge is -2.36. The van der Waals surface area contributed by atoms with Crippen molar-refractivity contribution >= 4 is 11.5 Å². The van der Waals surface area contributed by atoms with E-state index >= 15 is 0 Å². The van der Waals surface area contributed by atoms with E-state index < -0.39 is 0 Å². The number of aromatic nitrogens is 2. The molecule has 33 heavy (non-hydrogen) atoms. The van der Waals surface area contributed by atoms with E-state index in [0.29, 0.717) is 5.92 Å². The van der Waals surface area contributed by atoms with Gasteiger partial charge in [-0.1, -0.05) is 49.4 Å². The van der Waals surface area contributed by atoms with Crippen LogP contribution in [0.15, 0.2) is 54.9 Å². The van der Waals surface area contributed by atoms with Gasteiger partial charge in [-0.2, -0.15) is 0 Å². The highest BCUT2D eigenvalue weighted by atomic mass is 15.2. The minimum atomic E-state index is 0.186. The number of anilines is 2. The third-order valence-corrected chi connectivity index (χ3v) is 7.97. The third kappa shape index (κ3) is 3.64. The first-order chi connectivity index (χ1) is 16.3. The second kappa shape index (κ2) is 8.54. The van der Waals surface area contributed by atoms with E-state index in [1.807, 2.05) is 0 Å². The summed E-state index contributed by atoms with van der Waals surface area (Å²) in [6.45, 7) is 7.30. The maximum absolute atomic E-state index is 4.87. The van der Waals surface area contributed by atoms with Gasteiger partial charge in [0, 0.05) is 42.0 Å². The molecule has 3 aliphatic rings. The molecule has 3 heterocycles. The number of fused-ring (bicyclic) bond motifs is 3. The summed E-state index contributed by atoms with van der Waals surface area (Å²) in [7, 11) is 0. The van der Waals surface area contributed by atoms with Gasteiger partial charge in [0.2, 0.25) is 0 Å². The van der Waals surface area contributed by atoms with Crippen molar-refractivity contribution in [3.05, 3.63) is 82.8 Å². The second-order valence-electron chi connectivity index (χ2n) is 10.0. The Kier molecular flexibility index (Phi) is 5.39.